The highest BCUT2D eigenvalue weighted by atomic mass is 16.2. The zero-order chi connectivity index (χ0) is 14.6. The van der Waals surface area contributed by atoms with Gasteiger partial charge in [0.1, 0.15) is 0 Å². The summed E-state index contributed by atoms with van der Waals surface area (Å²) < 4.78 is 0. The first-order valence-electron chi connectivity index (χ1n) is 9.08. The van der Waals surface area contributed by atoms with Crippen LogP contribution in [0, 0.1) is 5.92 Å². The molecule has 2 heteroatoms. The monoisotopic (exact) mass is 281 g/mol. The minimum absolute atomic E-state index is 0.316. The quantitative estimate of drug-likeness (QED) is 0.506. The highest BCUT2D eigenvalue weighted by molar-refractivity contribution is 5.78. The summed E-state index contributed by atoms with van der Waals surface area (Å²) in [5.41, 5.74) is 0. The molecule has 118 valence electrons. The molecule has 1 atom stereocenters. The molecule has 1 fully saturated rings. The van der Waals surface area contributed by atoms with E-state index >= 15 is 0 Å². The van der Waals surface area contributed by atoms with Gasteiger partial charge in [0.05, 0.1) is 0 Å². The van der Waals surface area contributed by atoms with Crippen LogP contribution in [0.3, 0.4) is 0 Å². The molecule has 0 spiro atoms. The van der Waals surface area contributed by atoms with Crippen LogP contribution in [0.1, 0.15) is 90.9 Å². The summed E-state index contributed by atoms with van der Waals surface area (Å²) in [4.78, 5) is 14.8. The van der Waals surface area contributed by atoms with Gasteiger partial charge in [-0.3, -0.25) is 4.79 Å². The normalized spacial score (nSPS) is 17.2. The van der Waals surface area contributed by atoms with E-state index in [0.717, 1.165) is 25.9 Å². The minimum atomic E-state index is 0.316. The lowest BCUT2D eigenvalue weighted by Gasteiger charge is -2.30. The Kier molecular flexibility index (Phi) is 9.78. The number of piperidine rings is 1. The van der Waals surface area contributed by atoms with Gasteiger partial charge in [-0.1, -0.05) is 58.8 Å². The van der Waals surface area contributed by atoms with Crippen molar-refractivity contribution in [3.63, 3.8) is 0 Å². The summed E-state index contributed by atoms with van der Waals surface area (Å²) in [5, 5.41) is 0. The second-order valence-electron chi connectivity index (χ2n) is 6.43. The maximum atomic E-state index is 12.7. The zero-order valence-electron chi connectivity index (χ0n) is 13.8. The molecular weight excluding hydrogens is 246 g/mol. The highest BCUT2D eigenvalue weighted by Crippen LogP contribution is 2.22. The molecule has 0 aromatic carbocycles. The number of unbranched alkanes of at least 4 members (excludes halogenated alkanes) is 5. The molecule has 0 aromatic rings. The van der Waals surface area contributed by atoms with Crippen LogP contribution < -0.4 is 0 Å². The first-order valence-corrected chi connectivity index (χ1v) is 9.08. The van der Waals surface area contributed by atoms with Gasteiger partial charge in [-0.2, -0.15) is 0 Å². The van der Waals surface area contributed by atoms with E-state index in [0.29, 0.717) is 11.8 Å². The lowest BCUT2D eigenvalue weighted by Crippen LogP contribution is -2.39. The van der Waals surface area contributed by atoms with Crippen LogP contribution in [0.4, 0.5) is 0 Å². The van der Waals surface area contributed by atoms with Gasteiger partial charge < -0.3 is 4.90 Å². The SMILES string of the molecule is CCCCCCC(CCCCC)C(=O)N1CCCCC1. The van der Waals surface area contributed by atoms with Crippen molar-refractivity contribution in [1.29, 1.82) is 0 Å². The fraction of sp³-hybridized carbons (Fsp3) is 0.944. The largest absolute Gasteiger partial charge is 0.342 e. The summed E-state index contributed by atoms with van der Waals surface area (Å²) in [6, 6.07) is 0. The number of amides is 1. The molecule has 20 heavy (non-hydrogen) atoms. The molecule has 1 heterocycles. The van der Waals surface area contributed by atoms with Crippen molar-refractivity contribution in [2.24, 2.45) is 5.92 Å². The minimum Gasteiger partial charge on any atom is -0.342 e. The van der Waals surface area contributed by atoms with Crippen LogP contribution in [0.2, 0.25) is 0 Å². The van der Waals surface area contributed by atoms with Crippen molar-refractivity contribution < 1.29 is 4.79 Å². The third kappa shape index (κ3) is 6.76. The van der Waals surface area contributed by atoms with Crippen LogP contribution in [0.15, 0.2) is 0 Å². The first kappa shape index (κ1) is 17.5. The fourth-order valence-electron chi connectivity index (χ4n) is 3.22. The predicted molar refractivity (Wildman–Crippen MR) is 86.8 cm³/mol. The van der Waals surface area contributed by atoms with E-state index in [2.05, 4.69) is 18.7 Å². The number of hydrogen-bond donors (Lipinski definition) is 0. The van der Waals surface area contributed by atoms with Gasteiger partial charge in [-0.05, 0) is 32.1 Å². The second-order valence-corrected chi connectivity index (χ2v) is 6.43. The van der Waals surface area contributed by atoms with E-state index in [4.69, 9.17) is 0 Å². The van der Waals surface area contributed by atoms with Crippen LogP contribution in [0.5, 0.6) is 0 Å². The van der Waals surface area contributed by atoms with Crippen molar-refractivity contribution in [2.75, 3.05) is 13.1 Å². The molecule has 1 aliphatic heterocycles. The molecule has 1 saturated heterocycles. The van der Waals surface area contributed by atoms with E-state index < -0.39 is 0 Å². The lowest BCUT2D eigenvalue weighted by molar-refractivity contribution is -0.137. The number of carbonyl (C=O) groups is 1. The number of rotatable bonds is 10. The van der Waals surface area contributed by atoms with Crippen LogP contribution in [0.25, 0.3) is 0 Å². The first-order chi connectivity index (χ1) is 9.79. The summed E-state index contributed by atoms with van der Waals surface area (Å²) in [6.45, 7) is 6.51. The zero-order valence-corrected chi connectivity index (χ0v) is 13.8. The van der Waals surface area contributed by atoms with E-state index in [1.807, 2.05) is 0 Å². The summed E-state index contributed by atoms with van der Waals surface area (Å²) >= 11 is 0. The highest BCUT2D eigenvalue weighted by Gasteiger charge is 2.24. The maximum Gasteiger partial charge on any atom is 0.225 e. The Morgan fingerprint density at radius 1 is 0.850 bits per heavy atom. The number of carbonyl (C=O) groups excluding carboxylic acids is 1. The van der Waals surface area contributed by atoms with E-state index in [1.165, 1.54) is 64.2 Å². The molecule has 0 aromatic heterocycles. The smallest absolute Gasteiger partial charge is 0.225 e. The molecule has 1 rings (SSSR count). The van der Waals surface area contributed by atoms with Gasteiger partial charge in [0.15, 0.2) is 0 Å². The Labute approximate surface area is 126 Å². The van der Waals surface area contributed by atoms with Crippen LogP contribution in [-0.4, -0.2) is 23.9 Å². The van der Waals surface area contributed by atoms with Crippen molar-refractivity contribution in [3.8, 4) is 0 Å². The number of likely N-dealkylation sites (tertiary alicyclic amines) is 1. The molecule has 0 N–H and O–H groups in total. The molecule has 0 aliphatic carbocycles. The third-order valence-electron chi connectivity index (χ3n) is 4.58. The topological polar surface area (TPSA) is 20.3 Å². The van der Waals surface area contributed by atoms with E-state index in [-0.39, 0.29) is 0 Å². The van der Waals surface area contributed by atoms with Crippen molar-refractivity contribution in [3.05, 3.63) is 0 Å². The third-order valence-corrected chi connectivity index (χ3v) is 4.58. The fourth-order valence-corrected chi connectivity index (χ4v) is 3.22. The van der Waals surface area contributed by atoms with E-state index in [9.17, 15) is 4.79 Å². The van der Waals surface area contributed by atoms with Crippen molar-refractivity contribution >= 4 is 5.91 Å². The maximum absolute atomic E-state index is 12.7. The molecule has 2 nitrogen and oxygen atoms in total. The van der Waals surface area contributed by atoms with Gasteiger partial charge in [0.25, 0.3) is 0 Å². The van der Waals surface area contributed by atoms with Crippen molar-refractivity contribution in [2.45, 2.75) is 90.9 Å². The predicted octanol–water partition coefficient (Wildman–Crippen LogP) is 5.17. The summed E-state index contributed by atoms with van der Waals surface area (Å²) in [5.74, 6) is 0.786. The van der Waals surface area contributed by atoms with Gasteiger partial charge in [0, 0.05) is 19.0 Å². The standard InChI is InChI=1S/C18H35NO/c1-3-5-7-10-14-17(13-9-6-4-2)18(20)19-15-11-8-12-16-19/h17H,3-16H2,1-2H3. The van der Waals surface area contributed by atoms with Gasteiger partial charge >= 0.3 is 0 Å². The Balaban J connectivity index is 2.39. The molecule has 0 saturated carbocycles. The van der Waals surface area contributed by atoms with Crippen molar-refractivity contribution in [1.82, 2.24) is 4.90 Å². The lowest BCUT2D eigenvalue weighted by atomic mass is 9.92. The van der Waals surface area contributed by atoms with Crippen LogP contribution in [-0.2, 0) is 4.79 Å². The summed E-state index contributed by atoms with van der Waals surface area (Å²) in [6.07, 6.45) is 14.9. The average Bonchev–Trinajstić information content (AvgIpc) is 2.50. The molecule has 0 radical (unpaired) electrons. The number of hydrogen-bond acceptors (Lipinski definition) is 1. The Morgan fingerprint density at radius 2 is 1.40 bits per heavy atom. The Bertz CT molecular complexity index is 246. The van der Waals surface area contributed by atoms with Gasteiger partial charge in [0.2, 0.25) is 5.91 Å². The van der Waals surface area contributed by atoms with Gasteiger partial charge in [-0.15, -0.1) is 0 Å². The molecule has 0 bridgehead atoms. The average molecular weight is 281 g/mol. The molecule has 1 amide bonds. The Hall–Kier alpha value is -0.530. The molecule has 1 unspecified atom stereocenters. The Morgan fingerprint density at radius 3 is 2.00 bits per heavy atom. The summed E-state index contributed by atoms with van der Waals surface area (Å²) in [7, 11) is 0. The van der Waals surface area contributed by atoms with Crippen LogP contribution >= 0.6 is 0 Å². The molecule has 1 aliphatic rings. The van der Waals surface area contributed by atoms with E-state index in [1.54, 1.807) is 0 Å². The van der Waals surface area contributed by atoms with Gasteiger partial charge in [-0.25, -0.2) is 0 Å². The molecular formula is C18H35NO. The second kappa shape index (κ2) is 11.2. The number of nitrogens with zero attached hydrogens (tertiary/aromatic N) is 1.